The largest absolute Gasteiger partial charge is 0.462 e. The van der Waals surface area contributed by atoms with Gasteiger partial charge in [0.15, 0.2) is 6.10 Å². The Balaban J connectivity index is 4.32. The van der Waals surface area contributed by atoms with Crippen molar-refractivity contribution in [3.05, 3.63) is 97.2 Å². The molecule has 0 rings (SSSR count). The molecule has 0 aromatic carbocycles. The molecule has 0 saturated carbocycles. The summed E-state index contributed by atoms with van der Waals surface area (Å²) in [6.07, 6.45) is 92.8. The molecule has 81 heavy (non-hydrogen) atoms. The minimum Gasteiger partial charge on any atom is -0.462 e. The molecule has 6 heteroatoms. The van der Waals surface area contributed by atoms with Crippen molar-refractivity contribution in [2.75, 3.05) is 13.2 Å². The lowest BCUT2D eigenvalue weighted by Gasteiger charge is -2.18. The summed E-state index contributed by atoms with van der Waals surface area (Å²) >= 11 is 0. The standard InChI is InChI=1S/C75H130O6/c1-4-7-10-13-16-19-22-25-28-31-33-34-35-36-37-38-39-40-42-44-47-50-53-56-59-62-65-68-74(77)80-71-72(70-79-73(76)67-64-61-58-55-52-49-46-43-30-27-24-21-18-15-12-9-6-3)81-75(78)69-66-63-60-57-54-51-48-45-41-32-29-26-23-20-17-14-11-8-5-2/h7,9-10,12,16,18-19,21,25-30,33-34,72H,4-6,8,11,13-15,17,20,22-24,31-32,35-71H2,1-3H3/b10-7-,12-9-,19-16-,21-18-,28-25-,29-26-,30-27-,34-33-. The summed E-state index contributed by atoms with van der Waals surface area (Å²) < 4.78 is 17.0. The van der Waals surface area contributed by atoms with Gasteiger partial charge in [-0.3, -0.25) is 14.4 Å². The van der Waals surface area contributed by atoms with E-state index < -0.39 is 6.10 Å². The van der Waals surface area contributed by atoms with Crippen molar-refractivity contribution in [1.82, 2.24) is 0 Å². The van der Waals surface area contributed by atoms with Crippen molar-refractivity contribution in [2.45, 2.75) is 348 Å². The number of carbonyl (C=O) groups excluding carboxylic acids is 3. The Morgan fingerprint density at radius 1 is 0.259 bits per heavy atom. The zero-order valence-corrected chi connectivity index (χ0v) is 53.5. The molecule has 0 aliphatic heterocycles. The van der Waals surface area contributed by atoms with Gasteiger partial charge in [-0.25, -0.2) is 0 Å². The molecule has 0 amide bonds. The molecule has 0 bridgehead atoms. The van der Waals surface area contributed by atoms with Crippen molar-refractivity contribution in [2.24, 2.45) is 0 Å². The van der Waals surface area contributed by atoms with Crippen molar-refractivity contribution in [3.8, 4) is 0 Å². The first-order valence-corrected chi connectivity index (χ1v) is 34.7. The highest BCUT2D eigenvalue weighted by atomic mass is 16.6. The lowest BCUT2D eigenvalue weighted by atomic mass is 10.0. The summed E-state index contributed by atoms with van der Waals surface area (Å²) in [4.78, 5) is 38.5. The van der Waals surface area contributed by atoms with Gasteiger partial charge in [0.25, 0.3) is 0 Å². The molecule has 0 saturated heterocycles. The number of rotatable bonds is 63. The first kappa shape index (κ1) is 77.3. The number of allylic oxidation sites excluding steroid dienone is 16. The van der Waals surface area contributed by atoms with Crippen LogP contribution in [0, 0.1) is 0 Å². The van der Waals surface area contributed by atoms with E-state index in [1.807, 2.05) is 0 Å². The molecule has 0 fully saturated rings. The fraction of sp³-hybridized carbons (Fsp3) is 0.747. The van der Waals surface area contributed by atoms with E-state index in [9.17, 15) is 14.4 Å². The summed E-state index contributed by atoms with van der Waals surface area (Å²) in [5.41, 5.74) is 0. The molecule has 0 spiro atoms. The summed E-state index contributed by atoms with van der Waals surface area (Å²) in [7, 11) is 0. The van der Waals surface area contributed by atoms with Crippen LogP contribution in [0.3, 0.4) is 0 Å². The second-order valence-corrected chi connectivity index (χ2v) is 23.0. The van der Waals surface area contributed by atoms with Crippen LogP contribution in [-0.4, -0.2) is 37.2 Å². The average molecular weight is 1130 g/mol. The van der Waals surface area contributed by atoms with E-state index in [1.165, 1.54) is 193 Å². The van der Waals surface area contributed by atoms with Crippen LogP contribution in [0.4, 0.5) is 0 Å². The maximum Gasteiger partial charge on any atom is 0.306 e. The predicted molar refractivity (Wildman–Crippen MR) is 353 cm³/mol. The van der Waals surface area contributed by atoms with E-state index >= 15 is 0 Å². The third kappa shape index (κ3) is 67.0. The van der Waals surface area contributed by atoms with Crippen LogP contribution in [0.1, 0.15) is 342 Å². The molecule has 0 aliphatic carbocycles. The zero-order chi connectivity index (χ0) is 58.5. The average Bonchev–Trinajstić information content (AvgIpc) is 3.47. The Morgan fingerprint density at radius 2 is 0.481 bits per heavy atom. The van der Waals surface area contributed by atoms with Gasteiger partial charge in [-0.2, -0.15) is 0 Å². The van der Waals surface area contributed by atoms with Crippen LogP contribution >= 0.6 is 0 Å². The quantitative estimate of drug-likeness (QED) is 0.0261. The van der Waals surface area contributed by atoms with Gasteiger partial charge >= 0.3 is 17.9 Å². The monoisotopic (exact) mass is 1130 g/mol. The molecule has 1 unspecified atom stereocenters. The predicted octanol–water partition coefficient (Wildman–Crippen LogP) is 24.0. The van der Waals surface area contributed by atoms with E-state index in [1.54, 1.807) is 0 Å². The molecule has 0 aromatic rings. The molecule has 0 heterocycles. The molecule has 1 atom stereocenters. The molecule has 6 nitrogen and oxygen atoms in total. The number of carbonyl (C=O) groups is 3. The number of hydrogen-bond donors (Lipinski definition) is 0. The smallest absolute Gasteiger partial charge is 0.306 e. The second-order valence-electron chi connectivity index (χ2n) is 23.0. The molecule has 0 aliphatic rings. The van der Waals surface area contributed by atoms with E-state index in [4.69, 9.17) is 14.2 Å². The van der Waals surface area contributed by atoms with Crippen LogP contribution in [0.5, 0.6) is 0 Å². The van der Waals surface area contributed by atoms with Crippen LogP contribution in [0.25, 0.3) is 0 Å². The van der Waals surface area contributed by atoms with Crippen molar-refractivity contribution >= 4 is 17.9 Å². The van der Waals surface area contributed by atoms with Gasteiger partial charge in [-0.15, -0.1) is 0 Å². The highest BCUT2D eigenvalue weighted by Gasteiger charge is 2.19. The Labute approximate surface area is 502 Å². The lowest BCUT2D eigenvalue weighted by molar-refractivity contribution is -0.167. The minimum absolute atomic E-state index is 0.0796. The van der Waals surface area contributed by atoms with Crippen LogP contribution in [0.15, 0.2) is 97.2 Å². The van der Waals surface area contributed by atoms with E-state index in [-0.39, 0.29) is 31.1 Å². The number of esters is 3. The Morgan fingerprint density at radius 3 is 0.765 bits per heavy atom. The van der Waals surface area contributed by atoms with Crippen LogP contribution in [-0.2, 0) is 28.6 Å². The molecule has 0 radical (unpaired) electrons. The zero-order valence-electron chi connectivity index (χ0n) is 53.5. The molecule has 466 valence electrons. The first-order valence-electron chi connectivity index (χ1n) is 34.7. The van der Waals surface area contributed by atoms with Crippen molar-refractivity contribution < 1.29 is 28.6 Å². The topological polar surface area (TPSA) is 78.9 Å². The summed E-state index contributed by atoms with van der Waals surface area (Å²) in [6.45, 7) is 6.45. The van der Waals surface area contributed by atoms with Gasteiger partial charge in [-0.05, 0) is 116 Å². The van der Waals surface area contributed by atoms with E-state index in [2.05, 4.69) is 118 Å². The molecule has 0 N–H and O–H groups in total. The van der Waals surface area contributed by atoms with Gasteiger partial charge < -0.3 is 14.2 Å². The Kier molecular flexibility index (Phi) is 65.7. The van der Waals surface area contributed by atoms with Gasteiger partial charge in [0.05, 0.1) is 0 Å². The maximum absolute atomic E-state index is 13.0. The molecule has 0 aromatic heterocycles. The van der Waals surface area contributed by atoms with Gasteiger partial charge in [0.2, 0.25) is 0 Å². The van der Waals surface area contributed by atoms with E-state index in [0.29, 0.717) is 19.3 Å². The van der Waals surface area contributed by atoms with Crippen molar-refractivity contribution in [1.29, 1.82) is 0 Å². The van der Waals surface area contributed by atoms with E-state index in [0.717, 1.165) is 109 Å². The number of ether oxygens (including phenoxy) is 3. The highest BCUT2D eigenvalue weighted by Crippen LogP contribution is 2.17. The minimum atomic E-state index is -0.785. The fourth-order valence-corrected chi connectivity index (χ4v) is 9.92. The molecular formula is C75H130O6. The second kappa shape index (κ2) is 68.8. The fourth-order valence-electron chi connectivity index (χ4n) is 9.92. The van der Waals surface area contributed by atoms with Gasteiger partial charge in [0, 0.05) is 19.3 Å². The number of hydrogen-bond acceptors (Lipinski definition) is 6. The van der Waals surface area contributed by atoms with Gasteiger partial charge in [0.1, 0.15) is 13.2 Å². The summed E-state index contributed by atoms with van der Waals surface area (Å²) in [5.74, 6) is -0.876. The number of unbranched alkanes of at least 4 members (excludes halogenated alkanes) is 36. The van der Waals surface area contributed by atoms with Crippen LogP contribution in [0.2, 0.25) is 0 Å². The first-order chi connectivity index (χ1) is 40.0. The summed E-state index contributed by atoms with van der Waals surface area (Å²) in [6, 6.07) is 0. The van der Waals surface area contributed by atoms with Gasteiger partial charge in [-0.1, -0.05) is 304 Å². The maximum atomic E-state index is 13.0. The van der Waals surface area contributed by atoms with Crippen LogP contribution < -0.4 is 0 Å². The van der Waals surface area contributed by atoms with Crippen molar-refractivity contribution in [3.63, 3.8) is 0 Å². The SMILES string of the molecule is CC/C=C\C/C=C\C/C=C\C/C=C\CCCCCCCCCCCCCCCCC(=O)OCC(COC(=O)CCCCCCCCC/C=C\C/C=C\C/C=C\CC)OC(=O)CCCCCCCCCCC/C=C\CCCCCCCC. The highest BCUT2D eigenvalue weighted by molar-refractivity contribution is 5.71. The lowest BCUT2D eigenvalue weighted by Crippen LogP contribution is -2.30. The summed E-state index contributed by atoms with van der Waals surface area (Å²) in [5, 5.41) is 0. The Hall–Kier alpha value is -3.67. The Bertz CT molecular complexity index is 1580. The third-order valence-corrected chi connectivity index (χ3v) is 15.1. The molecular weight excluding hydrogens is 997 g/mol. The third-order valence-electron chi connectivity index (χ3n) is 15.1. The normalized spacial score (nSPS) is 12.7.